The third-order valence-corrected chi connectivity index (χ3v) is 4.52. The number of primary amides is 1. The molecule has 0 aliphatic carbocycles. The highest BCUT2D eigenvalue weighted by Crippen LogP contribution is 2.29. The van der Waals surface area contributed by atoms with Crippen LogP contribution in [0.1, 0.15) is 23.2 Å². The van der Waals surface area contributed by atoms with Crippen LogP contribution in [0, 0.1) is 16.0 Å². The van der Waals surface area contributed by atoms with Crippen LogP contribution in [-0.2, 0) is 0 Å². The van der Waals surface area contributed by atoms with Crippen LogP contribution in [0.2, 0.25) is 0 Å². The van der Waals surface area contributed by atoms with Gasteiger partial charge in [0, 0.05) is 37.5 Å². The van der Waals surface area contributed by atoms with Crippen molar-refractivity contribution < 1.29 is 14.5 Å². The molecule has 1 aromatic carbocycles. The molecular weight excluding hydrogens is 336 g/mol. The minimum atomic E-state index is -0.663. The van der Waals surface area contributed by atoms with Crippen LogP contribution < -0.4 is 15.4 Å². The maximum absolute atomic E-state index is 11.7. The fourth-order valence-electron chi connectivity index (χ4n) is 3.09. The van der Waals surface area contributed by atoms with E-state index in [9.17, 15) is 14.9 Å². The van der Waals surface area contributed by atoms with Gasteiger partial charge >= 0.3 is 0 Å². The lowest BCUT2D eigenvalue weighted by Gasteiger charge is -2.34. The van der Waals surface area contributed by atoms with Crippen LogP contribution in [0.4, 0.5) is 11.4 Å². The molecule has 3 rings (SSSR count). The number of non-ortho nitro benzene ring substituents is 1. The number of hydrogen-bond donors (Lipinski definition) is 1. The zero-order valence-electron chi connectivity index (χ0n) is 14.2. The average Bonchev–Trinajstić information content (AvgIpc) is 2.67. The molecule has 0 radical (unpaired) electrons. The zero-order chi connectivity index (χ0) is 18.5. The van der Waals surface area contributed by atoms with Crippen molar-refractivity contribution in [3.8, 4) is 5.88 Å². The van der Waals surface area contributed by atoms with Gasteiger partial charge in [0.1, 0.15) is 0 Å². The van der Waals surface area contributed by atoms with Crippen molar-refractivity contribution in [2.45, 2.75) is 12.8 Å². The van der Waals surface area contributed by atoms with Gasteiger partial charge < -0.3 is 15.4 Å². The molecule has 0 spiro atoms. The lowest BCUT2D eigenvalue weighted by molar-refractivity contribution is -0.384. The third kappa shape index (κ3) is 4.08. The van der Waals surface area contributed by atoms with Crippen molar-refractivity contribution >= 4 is 17.3 Å². The predicted octanol–water partition coefficient (Wildman–Crippen LogP) is 2.38. The maximum atomic E-state index is 11.7. The normalized spacial score (nSPS) is 14.8. The Morgan fingerprint density at radius 3 is 2.69 bits per heavy atom. The molecule has 1 aliphatic rings. The van der Waals surface area contributed by atoms with Crippen molar-refractivity contribution in [3.05, 3.63) is 58.3 Å². The van der Waals surface area contributed by atoms with Gasteiger partial charge in [-0.2, -0.15) is 0 Å². The number of aromatic nitrogens is 1. The molecule has 0 atom stereocenters. The van der Waals surface area contributed by atoms with Crippen LogP contribution in [0.15, 0.2) is 42.6 Å². The van der Waals surface area contributed by atoms with E-state index in [0.29, 0.717) is 24.1 Å². The molecule has 1 aliphatic heterocycles. The molecule has 26 heavy (non-hydrogen) atoms. The molecule has 0 saturated carbocycles. The second-order valence-corrected chi connectivity index (χ2v) is 6.23. The topological polar surface area (TPSA) is 112 Å². The van der Waals surface area contributed by atoms with Crippen LogP contribution in [0.25, 0.3) is 0 Å². The molecule has 2 heterocycles. The number of nitro groups is 1. The third-order valence-electron chi connectivity index (χ3n) is 4.52. The van der Waals surface area contributed by atoms with Crippen LogP contribution in [0.5, 0.6) is 5.88 Å². The van der Waals surface area contributed by atoms with Crippen LogP contribution >= 0.6 is 0 Å². The van der Waals surface area contributed by atoms with Crippen molar-refractivity contribution in [2.75, 3.05) is 24.6 Å². The molecular formula is C18H20N4O4. The molecule has 2 aromatic rings. The van der Waals surface area contributed by atoms with E-state index in [1.807, 2.05) is 23.1 Å². The van der Waals surface area contributed by atoms with Crippen molar-refractivity contribution in [1.82, 2.24) is 4.98 Å². The largest absolute Gasteiger partial charge is 0.477 e. The molecule has 1 saturated heterocycles. The molecule has 0 unspecified atom stereocenters. The Labute approximate surface area is 150 Å². The van der Waals surface area contributed by atoms with Crippen LogP contribution in [-0.4, -0.2) is 35.5 Å². The van der Waals surface area contributed by atoms with Gasteiger partial charge in [-0.3, -0.25) is 14.9 Å². The summed E-state index contributed by atoms with van der Waals surface area (Å²) in [5.41, 5.74) is 6.11. The Morgan fingerprint density at radius 1 is 1.31 bits per heavy atom. The van der Waals surface area contributed by atoms with Crippen molar-refractivity contribution in [1.29, 1.82) is 0 Å². The number of nitro benzene ring substituents is 1. The van der Waals surface area contributed by atoms with Gasteiger partial charge in [-0.25, -0.2) is 4.98 Å². The predicted molar refractivity (Wildman–Crippen MR) is 96.3 cm³/mol. The van der Waals surface area contributed by atoms with Gasteiger partial charge in [-0.15, -0.1) is 0 Å². The fourth-order valence-corrected chi connectivity index (χ4v) is 3.09. The first-order valence-electron chi connectivity index (χ1n) is 8.41. The number of nitrogens with two attached hydrogens (primary N) is 1. The van der Waals surface area contributed by atoms with E-state index >= 15 is 0 Å². The van der Waals surface area contributed by atoms with E-state index in [4.69, 9.17) is 10.5 Å². The van der Waals surface area contributed by atoms with E-state index in [0.717, 1.165) is 25.9 Å². The number of nitrogens with zero attached hydrogens (tertiary/aromatic N) is 3. The number of anilines is 1. The van der Waals surface area contributed by atoms with E-state index in [1.54, 1.807) is 12.3 Å². The Bertz CT molecular complexity index is 789. The molecule has 0 bridgehead atoms. The highest BCUT2D eigenvalue weighted by molar-refractivity contribution is 5.99. The Kier molecular flexibility index (Phi) is 5.31. The minimum Gasteiger partial charge on any atom is -0.477 e. The molecule has 8 nitrogen and oxygen atoms in total. The molecule has 1 aromatic heterocycles. The summed E-state index contributed by atoms with van der Waals surface area (Å²) in [7, 11) is 0. The van der Waals surface area contributed by atoms with Gasteiger partial charge in [-0.05, 0) is 30.9 Å². The van der Waals surface area contributed by atoms with Crippen molar-refractivity contribution in [2.24, 2.45) is 11.7 Å². The number of amides is 1. The number of piperidine rings is 1. The number of ether oxygens (including phenoxy) is 1. The highest BCUT2D eigenvalue weighted by atomic mass is 16.6. The lowest BCUT2D eigenvalue weighted by atomic mass is 9.96. The SMILES string of the molecule is NC(=O)c1cc([N+](=O)[O-])ccc1N1CCC(COc2ccccn2)CC1. The van der Waals surface area contributed by atoms with Gasteiger partial charge in [0.05, 0.1) is 22.8 Å². The Hall–Kier alpha value is -3.16. The molecule has 136 valence electrons. The first kappa shape index (κ1) is 17.7. The summed E-state index contributed by atoms with van der Waals surface area (Å²) in [4.78, 5) is 28.3. The minimum absolute atomic E-state index is 0.138. The Balaban J connectivity index is 1.62. The number of benzene rings is 1. The molecule has 2 N–H and O–H groups in total. The van der Waals surface area contributed by atoms with Gasteiger partial charge in [0.25, 0.3) is 11.6 Å². The zero-order valence-corrected chi connectivity index (χ0v) is 14.2. The summed E-state index contributed by atoms with van der Waals surface area (Å²) in [6.07, 6.45) is 3.47. The quantitative estimate of drug-likeness (QED) is 0.628. The van der Waals surface area contributed by atoms with Gasteiger partial charge in [-0.1, -0.05) is 6.07 Å². The smallest absolute Gasteiger partial charge is 0.270 e. The summed E-state index contributed by atoms with van der Waals surface area (Å²) in [5.74, 6) is 0.342. The van der Waals surface area contributed by atoms with Gasteiger partial charge in [0.2, 0.25) is 5.88 Å². The molecule has 1 amide bonds. The average molecular weight is 356 g/mol. The second-order valence-electron chi connectivity index (χ2n) is 6.23. The standard InChI is InChI=1S/C18H20N4O4/c19-18(23)15-11-14(22(24)25)4-5-16(15)21-9-6-13(7-10-21)12-26-17-3-1-2-8-20-17/h1-5,8,11,13H,6-7,9-10,12H2,(H2,19,23). The fraction of sp³-hybridized carbons (Fsp3) is 0.333. The number of carbonyl (C=O) groups is 1. The summed E-state index contributed by atoms with van der Waals surface area (Å²) in [6, 6.07) is 9.79. The first-order valence-corrected chi connectivity index (χ1v) is 8.41. The van der Waals surface area contributed by atoms with Crippen LogP contribution in [0.3, 0.4) is 0 Å². The monoisotopic (exact) mass is 356 g/mol. The number of pyridine rings is 1. The van der Waals surface area contributed by atoms with E-state index in [-0.39, 0.29) is 11.3 Å². The van der Waals surface area contributed by atoms with Crippen molar-refractivity contribution in [3.63, 3.8) is 0 Å². The van der Waals surface area contributed by atoms with E-state index in [1.165, 1.54) is 12.1 Å². The summed E-state index contributed by atoms with van der Waals surface area (Å²) < 4.78 is 5.71. The molecule has 1 fully saturated rings. The second kappa shape index (κ2) is 7.81. The number of hydrogen-bond acceptors (Lipinski definition) is 6. The first-order chi connectivity index (χ1) is 12.5. The maximum Gasteiger partial charge on any atom is 0.270 e. The van der Waals surface area contributed by atoms with E-state index in [2.05, 4.69) is 4.98 Å². The summed E-state index contributed by atoms with van der Waals surface area (Å²) in [5, 5.41) is 10.9. The molecule has 8 heteroatoms. The Morgan fingerprint density at radius 2 is 2.08 bits per heavy atom. The number of rotatable bonds is 6. The highest BCUT2D eigenvalue weighted by Gasteiger charge is 2.24. The summed E-state index contributed by atoms with van der Waals surface area (Å²) >= 11 is 0. The van der Waals surface area contributed by atoms with Gasteiger partial charge in [0.15, 0.2) is 0 Å². The van der Waals surface area contributed by atoms with E-state index < -0.39 is 10.8 Å². The lowest BCUT2D eigenvalue weighted by Crippen LogP contribution is -2.36. The summed E-state index contributed by atoms with van der Waals surface area (Å²) in [6.45, 7) is 2.05. The number of carbonyl (C=O) groups excluding carboxylic acids is 1.